The number of ether oxygens (including phenoxy) is 1. The molecule has 0 radical (unpaired) electrons. The summed E-state index contributed by atoms with van der Waals surface area (Å²) >= 11 is 6.02. The Balaban J connectivity index is 1.30. The monoisotopic (exact) mass is 520 g/mol. The van der Waals surface area contributed by atoms with Crippen molar-refractivity contribution in [2.24, 2.45) is 5.92 Å². The zero-order valence-electron chi connectivity index (χ0n) is 20.8. The van der Waals surface area contributed by atoms with Crippen molar-refractivity contribution >= 4 is 17.2 Å². The van der Waals surface area contributed by atoms with Crippen LogP contribution in [0.3, 0.4) is 0 Å². The number of fused-ring (bicyclic) bond motifs is 2. The lowest BCUT2D eigenvalue weighted by atomic mass is 9.84. The molecule has 3 heterocycles. The molecule has 1 fully saturated rings. The molecule has 0 bridgehead atoms. The number of benzene rings is 1. The van der Waals surface area contributed by atoms with E-state index in [1.54, 1.807) is 6.20 Å². The number of aliphatic hydroxyl groups excluding tert-OH is 2. The number of allylic oxidation sites excluding steroid dienone is 6. The first-order valence-electron chi connectivity index (χ1n) is 12.9. The summed E-state index contributed by atoms with van der Waals surface area (Å²) in [5, 5.41) is 31.3. The largest absolute Gasteiger partial charge is 0.438 e. The molecule has 3 aliphatic rings. The van der Waals surface area contributed by atoms with Gasteiger partial charge < -0.3 is 25.0 Å². The van der Waals surface area contributed by atoms with Gasteiger partial charge >= 0.3 is 0 Å². The third kappa shape index (κ3) is 5.89. The van der Waals surface area contributed by atoms with Crippen LogP contribution < -0.4 is 4.74 Å². The third-order valence-electron chi connectivity index (χ3n) is 7.49. The maximum absolute atomic E-state index is 11.2. The molecule has 2 atom stereocenters. The highest BCUT2D eigenvalue weighted by molar-refractivity contribution is 6.30. The van der Waals surface area contributed by atoms with Gasteiger partial charge in [-0.05, 0) is 73.2 Å². The SMILES string of the molecule is OCC(O)CC1C=CC=C2Oc3ncccc3C(=CCCN3CCC(O)(c4ccc(Cl)cc4)CC3)C=C21. The molecular formula is C30H33ClN2O4. The van der Waals surface area contributed by atoms with Gasteiger partial charge in [0.1, 0.15) is 5.76 Å². The highest BCUT2D eigenvalue weighted by atomic mass is 35.5. The molecule has 1 saturated heterocycles. The van der Waals surface area contributed by atoms with Crippen LogP contribution in [0.25, 0.3) is 5.57 Å². The fraction of sp³-hybridized carbons (Fsp3) is 0.367. The van der Waals surface area contributed by atoms with Crippen LogP contribution in [0.1, 0.15) is 36.8 Å². The van der Waals surface area contributed by atoms with E-state index < -0.39 is 11.7 Å². The van der Waals surface area contributed by atoms with Crippen LogP contribution in [-0.2, 0) is 5.60 Å². The number of nitrogens with zero attached hydrogens (tertiary/aromatic N) is 2. The summed E-state index contributed by atoms with van der Waals surface area (Å²) in [6.07, 6.45) is 13.8. The molecule has 1 aromatic heterocycles. The Hall–Kier alpha value is -2.74. The topological polar surface area (TPSA) is 86.0 Å². The van der Waals surface area contributed by atoms with Gasteiger partial charge in [0.2, 0.25) is 5.88 Å². The van der Waals surface area contributed by atoms with E-state index in [0.717, 1.165) is 54.1 Å². The van der Waals surface area contributed by atoms with Crippen molar-refractivity contribution in [1.29, 1.82) is 0 Å². The van der Waals surface area contributed by atoms with E-state index in [9.17, 15) is 15.3 Å². The van der Waals surface area contributed by atoms with Crippen molar-refractivity contribution in [2.45, 2.75) is 37.4 Å². The van der Waals surface area contributed by atoms with Gasteiger partial charge in [0.05, 0.1) is 18.3 Å². The van der Waals surface area contributed by atoms with Crippen molar-refractivity contribution in [1.82, 2.24) is 9.88 Å². The molecule has 0 amide bonds. The molecule has 5 rings (SSSR count). The van der Waals surface area contributed by atoms with Gasteiger partial charge in [-0.3, -0.25) is 0 Å². The van der Waals surface area contributed by atoms with Crippen molar-refractivity contribution in [3.05, 3.63) is 100 Å². The lowest BCUT2D eigenvalue weighted by molar-refractivity contribution is -0.0254. The minimum Gasteiger partial charge on any atom is -0.438 e. The van der Waals surface area contributed by atoms with Gasteiger partial charge in [0.15, 0.2) is 0 Å². The van der Waals surface area contributed by atoms with Crippen LogP contribution in [0.15, 0.2) is 84.3 Å². The molecule has 0 saturated carbocycles. The molecule has 7 heteroatoms. The minimum absolute atomic E-state index is 0.0625. The van der Waals surface area contributed by atoms with Crippen LogP contribution in [0.2, 0.25) is 5.02 Å². The van der Waals surface area contributed by atoms with E-state index in [0.29, 0.717) is 30.2 Å². The van der Waals surface area contributed by atoms with Crippen LogP contribution in [0.4, 0.5) is 0 Å². The maximum atomic E-state index is 11.2. The summed E-state index contributed by atoms with van der Waals surface area (Å²) in [4.78, 5) is 6.86. The van der Waals surface area contributed by atoms with Gasteiger partial charge in [-0.25, -0.2) is 4.98 Å². The van der Waals surface area contributed by atoms with Crippen molar-refractivity contribution in [2.75, 3.05) is 26.2 Å². The second-order valence-corrected chi connectivity index (χ2v) is 10.4. The number of piperidine rings is 1. The van der Waals surface area contributed by atoms with E-state index in [1.807, 2.05) is 54.6 Å². The maximum Gasteiger partial charge on any atom is 0.227 e. The molecule has 1 aromatic carbocycles. The highest BCUT2D eigenvalue weighted by Gasteiger charge is 2.33. The van der Waals surface area contributed by atoms with E-state index in [2.05, 4.69) is 22.0 Å². The van der Waals surface area contributed by atoms with Gasteiger partial charge in [0.25, 0.3) is 0 Å². The van der Waals surface area contributed by atoms with Gasteiger partial charge in [0, 0.05) is 47.9 Å². The Kier molecular flexibility index (Phi) is 7.93. The second kappa shape index (κ2) is 11.3. The zero-order chi connectivity index (χ0) is 25.8. The van der Waals surface area contributed by atoms with Crippen LogP contribution in [-0.4, -0.2) is 57.5 Å². The fourth-order valence-electron chi connectivity index (χ4n) is 5.31. The van der Waals surface area contributed by atoms with Crippen LogP contribution in [0.5, 0.6) is 5.88 Å². The number of likely N-dealkylation sites (tertiary alicyclic amines) is 1. The second-order valence-electron chi connectivity index (χ2n) is 9.98. The molecule has 0 spiro atoms. The molecule has 3 N–H and O–H groups in total. The van der Waals surface area contributed by atoms with Crippen molar-refractivity contribution in [3.8, 4) is 5.88 Å². The first-order valence-corrected chi connectivity index (χ1v) is 13.3. The molecule has 2 unspecified atom stereocenters. The predicted molar refractivity (Wildman–Crippen MR) is 145 cm³/mol. The predicted octanol–water partition coefficient (Wildman–Crippen LogP) is 4.62. The Bertz CT molecular complexity index is 1230. The molecule has 194 valence electrons. The standard InChI is InChI=1S/C30H33ClN2O4/c31-24-10-8-23(9-11-24)30(36)12-16-33(17-13-30)15-3-5-22-19-27-21(18-25(35)20-34)4-1-7-28(27)37-29-26(22)6-2-14-32-29/h1-2,4-11,14,19,21,25,34-36H,3,12-13,15-18,20H2. The quantitative estimate of drug-likeness (QED) is 0.494. The molecular weight excluding hydrogens is 488 g/mol. The number of halogens is 1. The van der Waals surface area contributed by atoms with E-state index in [4.69, 9.17) is 16.3 Å². The molecule has 1 aliphatic carbocycles. The van der Waals surface area contributed by atoms with E-state index in [-0.39, 0.29) is 12.5 Å². The summed E-state index contributed by atoms with van der Waals surface area (Å²) in [6, 6.07) is 11.4. The Morgan fingerprint density at radius 1 is 1.19 bits per heavy atom. The number of aromatic nitrogens is 1. The van der Waals surface area contributed by atoms with Gasteiger partial charge in [-0.15, -0.1) is 0 Å². The number of hydrogen-bond acceptors (Lipinski definition) is 6. The Morgan fingerprint density at radius 2 is 1.97 bits per heavy atom. The Labute approximate surface area is 222 Å². The first-order chi connectivity index (χ1) is 17.9. The lowest BCUT2D eigenvalue weighted by Gasteiger charge is -2.38. The fourth-order valence-corrected chi connectivity index (χ4v) is 5.44. The number of aliphatic hydroxyl groups is 3. The lowest BCUT2D eigenvalue weighted by Crippen LogP contribution is -2.42. The van der Waals surface area contributed by atoms with Gasteiger partial charge in [-0.2, -0.15) is 0 Å². The van der Waals surface area contributed by atoms with Crippen molar-refractivity contribution < 1.29 is 20.1 Å². The zero-order valence-corrected chi connectivity index (χ0v) is 21.5. The van der Waals surface area contributed by atoms with Crippen molar-refractivity contribution in [3.63, 3.8) is 0 Å². The van der Waals surface area contributed by atoms with Crippen LogP contribution >= 0.6 is 11.6 Å². The molecule has 2 aromatic rings. The van der Waals surface area contributed by atoms with Gasteiger partial charge in [-0.1, -0.05) is 42.0 Å². The van der Waals surface area contributed by atoms with Crippen LogP contribution in [0, 0.1) is 5.92 Å². The third-order valence-corrected chi connectivity index (χ3v) is 7.74. The van der Waals surface area contributed by atoms with E-state index >= 15 is 0 Å². The normalized spacial score (nSPS) is 22.8. The Morgan fingerprint density at radius 3 is 2.73 bits per heavy atom. The summed E-state index contributed by atoms with van der Waals surface area (Å²) in [7, 11) is 0. The average molecular weight is 521 g/mol. The summed E-state index contributed by atoms with van der Waals surface area (Å²) in [5.74, 6) is 1.22. The summed E-state index contributed by atoms with van der Waals surface area (Å²) < 4.78 is 6.20. The van der Waals surface area contributed by atoms with E-state index in [1.165, 1.54) is 0 Å². The molecule has 37 heavy (non-hydrogen) atoms. The number of hydrogen-bond donors (Lipinski definition) is 3. The minimum atomic E-state index is -0.807. The summed E-state index contributed by atoms with van der Waals surface area (Å²) in [5.41, 5.74) is 3.07. The first kappa shape index (κ1) is 25.9. The summed E-state index contributed by atoms with van der Waals surface area (Å²) in [6.45, 7) is 2.26. The average Bonchev–Trinajstić information content (AvgIpc) is 3.07. The smallest absolute Gasteiger partial charge is 0.227 e. The highest BCUT2D eigenvalue weighted by Crippen LogP contribution is 2.39. The number of rotatable bonds is 7. The number of pyridine rings is 1. The molecule has 6 nitrogen and oxygen atoms in total. The molecule has 2 aliphatic heterocycles.